The van der Waals surface area contributed by atoms with Gasteiger partial charge in [-0.2, -0.15) is 0 Å². The Bertz CT molecular complexity index is 1380. The van der Waals surface area contributed by atoms with Gasteiger partial charge in [0, 0.05) is 28.9 Å². The maximum atomic E-state index is 16.2. The normalized spacial score (nSPS) is 16.9. The monoisotopic (exact) mass is 582 g/mol. The van der Waals surface area contributed by atoms with Gasteiger partial charge in [-0.05, 0) is 73.9 Å². The molecule has 42 heavy (non-hydrogen) atoms. The van der Waals surface area contributed by atoms with Crippen molar-refractivity contribution in [2.75, 3.05) is 32.9 Å². The van der Waals surface area contributed by atoms with Gasteiger partial charge in [-0.15, -0.1) is 0 Å². The number of rotatable bonds is 12. The van der Waals surface area contributed by atoms with E-state index < -0.39 is 30.0 Å². The van der Waals surface area contributed by atoms with Crippen LogP contribution in [0.2, 0.25) is 0 Å². The first-order valence-electron chi connectivity index (χ1n) is 14.8. The number of Topliss-reactive ketones (excluding diaryl/α,β-unsaturated/α-hetero) is 1. The van der Waals surface area contributed by atoms with Gasteiger partial charge in [0.25, 0.3) is 5.91 Å². The Labute approximate surface area is 247 Å². The first kappa shape index (κ1) is 31.5. The second kappa shape index (κ2) is 12.4. The van der Waals surface area contributed by atoms with Gasteiger partial charge in [-0.25, -0.2) is 4.39 Å². The molecule has 2 aromatic carbocycles. The summed E-state index contributed by atoms with van der Waals surface area (Å²) in [6, 6.07) is 6.99. The summed E-state index contributed by atoms with van der Waals surface area (Å²) in [4.78, 5) is 29.0. The lowest BCUT2D eigenvalue weighted by Gasteiger charge is -2.28. The van der Waals surface area contributed by atoms with E-state index in [2.05, 4.69) is 5.32 Å². The number of ether oxygens (including phenoxy) is 2. The lowest BCUT2D eigenvalue weighted by atomic mass is 9.84. The van der Waals surface area contributed by atoms with Gasteiger partial charge < -0.3 is 29.9 Å². The van der Waals surface area contributed by atoms with E-state index in [0.29, 0.717) is 41.2 Å². The van der Waals surface area contributed by atoms with E-state index in [1.165, 1.54) is 0 Å². The standard InChI is InChI=1S/C33H43FN2O6/c1-7-10-25-28-24(16-27(41-8-2)30(29(28)34)42-9-3)33(11-12-33)36(25)18-26(39)20-13-21(15-22(14-20)32(4,5)6)31(40)35-17-23(38)19-37/h10,13-16,23,37-38H,7-9,11-12,17-19H2,1-6H3,(H,35,40). The number of hydrogen-bond donors (Lipinski definition) is 3. The number of nitrogens with one attached hydrogen (secondary N) is 1. The van der Waals surface area contributed by atoms with Crippen LogP contribution in [0.3, 0.4) is 0 Å². The number of allylic oxidation sites excluding steroid dienone is 1. The van der Waals surface area contributed by atoms with Crippen molar-refractivity contribution < 1.29 is 33.7 Å². The van der Waals surface area contributed by atoms with Crippen LogP contribution in [0.5, 0.6) is 11.5 Å². The van der Waals surface area contributed by atoms with E-state index in [1.807, 2.05) is 57.7 Å². The van der Waals surface area contributed by atoms with Crippen LogP contribution in [0.15, 0.2) is 30.3 Å². The van der Waals surface area contributed by atoms with Gasteiger partial charge >= 0.3 is 0 Å². The molecule has 1 heterocycles. The minimum Gasteiger partial charge on any atom is -0.490 e. The minimum atomic E-state index is -1.08. The highest BCUT2D eigenvalue weighted by atomic mass is 19.1. The molecule has 1 unspecified atom stereocenters. The summed E-state index contributed by atoms with van der Waals surface area (Å²) < 4.78 is 27.6. The van der Waals surface area contributed by atoms with E-state index in [0.717, 1.165) is 24.0 Å². The third kappa shape index (κ3) is 6.03. The zero-order valence-corrected chi connectivity index (χ0v) is 25.5. The molecule has 1 amide bonds. The summed E-state index contributed by atoms with van der Waals surface area (Å²) >= 11 is 0. The molecule has 1 aliphatic heterocycles. The smallest absolute Gasteiger partial charge is 0.251 e. The number of nitrogens with zero attached hydrogens (tertiary/aromatic N) is 1. The van der Waals surface area contributed by atoms with Crippen LogP contribution in [-0.2, 0) is 11.0 Å². The van der Waals surface area contributed by atoms with Crippen molar-refractivity contribution >= 4 is 17.4 Å². The topological polar surface area (TPSA) is 108 Å². The van der Waals surface area contributed by atoms with E-state index >= 15 is 4.39 Å². The molecule has 0 radical (unpaired) electrons. The molecule has 1 aliphatic carbocycles. The van der Waals surface area contributed by atoms with E-state index in [-0.39, 0.29) is 36.6 Å². The van der Waals surface area contributed by atoms with Gasteiger partial charge in [0.05, 0.1) is 38.0 Å². The molecule has 3 N–H and O–H groups in total. The number of fused-ring (bicyclic) bond motifs is 2. The zero-order chi connectivity index (χ0) is 30.8. The molecule has 2 aliphatic rings. The summed E-state index contributed by atoms with van der Waals surface area (Å²) in [5, 5.41) is 21.4. The third-order valence-corrected chi connectivity index (χ3v) is 7.86. The second-order valence-electron chi connectivity index (χ2n) is 11.9. The van der Waals surface area contributed by atoms with Crippen molar-refractivity contribution in [3.05, 3.63) is 64.0 Å². The number of carbonyl (C=O) groups is 2. The largest absolute Gasteiger partial charge is 0.490 e. The van der Waals surface area contributed by atoms with Crippen molar-refractivity contribution in [2.24, 2.45) is 0 Å². The van der Waals surface area contributed by atoms with Crippen LogP contribution in [0, 0.1) is 5.82 Å². The number of halogens is 1. The van der Waals surface area contributed by atoms with Crippen molar-refractivity contribution in [1.82, 2.24) is 10.2 Å². The summed E-state index contributed by atoms with van der Waals surface area (Å²) in [6.07, 6.45) is 3.07. The molecule has 4 rings (SSSR count). The second-order valence-corrected chi connectivity index (χ2v) is 11.9. The fourth-order valence-electron chi connectivity index (χ4n) is 5.54. The molecule has 1 saturated carbocycles. The Morgan fingerprint density at radius 2 is 1.76 bits per heavy atom. The Hall–Kier alpha value is -3.43. The number of amides is 1. The number of aliphatic hydroxyl groups is 2. The molecule has 9 heteroatoms. The molecule has 0 saturated heterocycles. The number of ketones is 1. The maximum Gasteiger partial charge on any atom is 0.251 e. The van der Waals surface area contributed by atoms with Gasteiger partial charge in [-0.3, -0.25) is 9.59 Å². The molecule has 1 atom stereocenters. The molecular formula is C33H43FN2O6. The molecule has 0 bridgehead atoms. The van der Waals surface area contributed by atoms with Crippen molar-refractivity contribution in [1.29, 1.82) is 0 Å². The van der Waals surface area contributed by atoms with Gasteiger partial charge in [-0.1, -0.05) is 33.8 Å². The van der Waals surface area contributed by atoms with E-state index in [1.54, 1.807) is 19.1 Å². The summed E-state index contributed by atoms with van der Waals surface area (Å²) in [6.45, 7) is 11.7. The predicted molar refractivity (Wildman–Crippen MR) is 160 cm³/mol. The van der Waals surface area contributed by atoms with Crippen LogP contribution in [-0.4, -0.2) is 65.8 Å². The molecule has 2 aromatic rings. The Kier molecular flexibility index (Phi) is 9.33. The summed E-state index contributed by atoms with van der Waals surface area (Å²) in [7, 11) is 0. The fraction of sp³-hybridized carbons (Fsp3) is 0.515. The summed E-state index contributed by atoms with van der Waals surface area (Å²) in [5.41, 5.74) is 2.56. The van der Waals surface area contributed by atoms with E-state index in [9.17, 15) is 14.7 Å². The Morgan fingerprint density at radius 3 is 2.33 bits per heavy atom. The predicted octanol–water partition coefficient (Wildman–Crippen LogP) is 4.94. The van der Waals surface area contributed by atoms with Gasteiger partial charge in [0.2, 0.25) is 0 Å². The number of hydrogen-bond acceptors (Lipinski definition) is 7. The molecular weight excluding hydrogens is 539 g/mol. The number of benzene rings is 2. The average Bonchev–Trinajstić information content (AvgIpc) is 3.72. The summed E-state index contributed by atoms with van der Waals surface area (Å²) in [5.74, 6) is -0.662. The van der Waals surface area contributed by atoms with Crippen LogP contribution < -0.4 is 14.8 Å². The molecule has 0 aromatic heterocycles. The number of aliphatic hydroxyl groups excluding tert-OH is 2. The van der Waals surface area contributed by atoms with Crippen molar-refractivity contribution in [3.8, 4) is 11.5 Å². The Morgan fingerprint density at radius 1 is 1.10 bits per heavy atom. The van der Waals surface area contributed by atoms with Crippen LogP contribution in [0.1, 0.15) is 98.2 Å². The quantitative estimate of drug-likeness (QED) is 0.304. The SMILES string of the molecule is CCC=C1c2c(cc(OCC)c(OCC)c2F)C2(CC2)N1CC(=O)c1cc(C(=O)NCC(O)CO)cc(C(C)(C)C)c1. The highest BCUT2D eigenvalue weighted by Gasteiger charge is 2.58. The zero-order valence-electron chi connectivity index (χ0n) is 25.5. The first-order chi connectivity index (χ1) is 19.9. The molecule has 1 spiro atoms. The molecule has 1 fully saturated rings. The Balaban J connectivity index is 1.73. The molecule has 228 valence electrons. The minimum absolute atomic E-state index is 0.00573. The highest BCUT2D eigenvalue weighted by Crippen LogP contribution is 2.62. The first-order valence-corrected chi connectivity index (χ1v) is 14.8. The van der Waals surface area contributed by atoms with Gasteiger partial charge in [0.1, 0.15) is 0 Å². The van der Waals surface area contributed by atoms with Crippen LogP contribution >= 0.6 is 0 Å². The maximum absolute atomic E-state index is 16.2. The van der Waals surface area contributed by atoms with Crippen LogP contribution in [0.4, 0.5) is 4.39 Å². The van der Waals surface area contributed by atoms with E-state index in [4.69, 9.17) is 14.6 Å². The fourth-order valence-corrected chi connectivity index (χ4v) is 5.54. The number of carbonyl (C=O) groups excluding carboxylic acids is 2. The van der Waals surface area contributed by atoms with Crippen molar-refractivity contribution in [3.63, 3.8) is 0 Å². The van der Waals surface area contributed by atoms with Crippen LogP contribution in [0.25, 0.3) is 5.70 Å². The van der Waals surface area contributed by atoms with Gasteiger partial charge in [0.15, 0.2) is 23.1 Å². The third-order valence-electron chi connectivity index (χ3n) is 7.86. The molecule has 8 nitrogen and oxygen atoms in total. The lowest BCUT2D eigenvalue weighted by molar-refractivity contribution is 0.0802. The highest BCUT2D eigenvalue weighted by molar-refractivity contribution is 6.02. The average molecular weight is 583 g/mol. The van der Waals surface area contributed by atoms with Crippen molar-refractivity contribution in [2.45, 2.75) is 77.9 Å². The lowest BCUT2D eigenvalue weighted by Crippen LogP contribution is -2.35.